The first kappa shape index (κ1) is 18.3. The highest BCUT2D eigenvalue weighted by Gasteiger charge is 2.32. The van der Waals surface area contributed by atoms with Crippen LogP contribution in [0.5, 0.6) is 11.5 Å². The molecular weight excluding hydrogens is 354 g/mol. The first-order valence-electron chi connectivity index (χ1n) is 8.22. The quantitative estimate of drug-likeness (QED) is 0.850. The number of carbonyl (C=O) groups is 2. The van der Waals surface area contributed by atoms with Crippen molar-refractivity contribution in [2.45, 2.75) is 32.8 Å². The predicted molar refractivity (Wildman–Crippen MR) is 101 cm³/mol. The molecule has 1 heterocycles. The fourth-order valence-electron chi connectivity index (χ4n) is 2.92. The Morgan fingerprint density at radius 2 is 2.00 bits per heavy atom. The number of amides is 1. The summed E-state index contributed by atoms with van der Waals surface area (Å²) in [4.78, 5) is 25.0. The SMILES string of the molecule is COc1cc(Cl)c(C)cc1NC(=O)c1ccc2c(c1)C(=O)CC(C)(C)O2. The third-order valence-electron chi connectivity index (χ3n) is 4.24. The second-order valence-electron chi connectivity index (χ2n) is 6.93. The first-order chi connectivity index (χ1) is 12.2. The highest BCUT2D eigenvalue weighted by atomic mass is 35.5. The number of halogens is 1. The number of benzene rings is 2. The van der Waals surface area contributed by atoms with Crippen LogP contribution in [0.25, 0.3) is 0 Å². The third-order valence-corrected chi connectivity index (χ3v) is 4.65. The van der Waals surface area contributed by atoms with Crippen molar-refractivity contribution in [2.75, 3.05) is 12.4 Å². The van der Waals surface area contributed by atoms with Gasteiger partial charge in [-0.15, -0.1) is 0 Å². The highest BCUT2D eigenvalue weighted by Crippen LogP contribution is 2.34. The number of Topliss-reactive ketones (excluding diaryl/α,β-unsaturated/α-hetero) is 1. The lowest BCUT2D eigenvalue weighted by Gasteiger charge is -2.31. The molecule has 26 heavy (non-hydrogen) atoms. The van der Waals surface area contributed by atoms with Gasteiger partial charge in [0.2, 0.25) is 0 Å². The number of ether oxygens (including phenoxy) is 2. The molecule has 3 rings (SSSR count). The van der Waals surface area contributed by atoms with E-state index in [-0.39, 0.29) is 18.1 Å². The van der Waals surface area contributed by atoms with Gasteiger partial charge < -0.3 is 14.8 Å². The van der Waals surface area contributed by atoms with Crippen molar-refractivity contribution >= 4 is 29.0 Å². The molecule has 0 saturated carbocycles. The number of rotatable bonds is 3. The zero-order valence-corrected chi connectivity index (χ0v) is 15.9. The average Bonchev–Trinajstić information content (AvgIpc) is 2.56. The molecule has 0 aliphatic carbocycles. The number of hydrogen-bond donors (Lipinski definition) is 1. The van der Waals surface area contributed by atoms with Crippen molar-refractivity contribution in [3.63, 3.8) is 0 Å². The summed E-state index contributed by atoms with van der Waals surface area (Å²) in [6.07, 6.45) is 0.273. The van der Waals surface area contributed by atoms with Crippen LogP contribution < -0.4 is 14.8 Å². The van der Waals surface area contributed by atoms with Crippen LogP contribution in [0.15, 0.2) is 30.3 Å². The van der Waals surface area contributed by atoms with Gasteiger partial charge in [0.25, 0.3) is 5.91 Å². The largest absolute Gasteiger partial charge is 0.495 e. The Morgan fingerprint density at radius 3 is 2.69 bits per heavy atom. The molecule has 2 aromatic carbocycles. The zero-order chi connectivity index (χ0) is 19.1. The number of carbonyl (C=O) groups excluding carboxylic acids is 2. The van der Waals surface area contributed by atoms with Gasteiger partial charge in [0.05, 0.1) is 24.8 Å². The molecule has 0 unspecified atom stereocenters. The lowest BCUT2D eigenvalue weighted by molar-refractivity contribution is 0.0620. The maximum absolute atomic E-state index is 12.6. The van der Waals surface area contributed by atoms with E-state index in [4.69, 9.17) is 21.1 Å². The van der Waals surface area contributed by atoms with Gasteiger partial charge in [-0.05, 0) is 50.6 Å². The normalized spacial score (nSPS) is 15.0. The number of methoxy groups -OCH3 is 1. The van der Waals surface area contributed by atoms with E-state index >= 15 is 0 Å². The molecule has 136 valence electrons. The fraction of sp³-hybridized carbons (Fsp3) is 0.300. The van der Waals surface area contributed by atoms with E-state index in [2.05, 4.69) is 5.32 Å². The van der Waals surface area contributed by atoms with Gasteiger partial charge in [0, 0.05) is 16.7 Å². The second-order valence-corrected chi connectivity index (χ2v) is 7.34. The molecule has 1 amide bonds. The van der Waals surface area contributed by atoms with E-state index in [1.807, 2.05) is 20.8 Å². The van der Waals surface area contributed by atoms with Crippen LogP contribution in [-0.4, -0.2) is 24.4 Å². The molecule has 0 saturated heterocycles. The van der Waals surface area contributed by atoms with Crippen LogP contribution in [0.2, 0.25) is 5.02 Å². The van der Waals surface area contributed by atoms with Crippen molar-refractivity contribution in [1.82, 2.24) is 0 Å². The van der Waals surface area contributed by atoms with E-state index in [1.54, 1.807) is 30.3 Å². The Morgan fingerprint density at radius 1 is 1.27 bits per heavy atom. The van der Waals surface area contributed by atoms with Crippen LogP contribution in [0.1, 0.15) is 46.5 Å². The summed E-state index contributed by atoms with van der Waals surface area (Å²) >= 11 is 6.09. The molecule has 0 spiro atoms. The van der Waals surface area contributed by atoms with Crippen molar-refractivity contribution in [1.29, 1.82) is 0 Å². The molecule has 1 N–H and O–H groups in total. The maximum atomic E-state index is 12.6. The molecule has 0 aromatic heterocycles. The number of nitrogens with one attached hydrogen (secondary N) is 1. The van der Waals surface area contributed by atoms with Crippen LogP contribution in [0.4, 0.5) is 5.69 Å². The maximum Gasteiger partial charge on any atom is 0.255 e. The van der Waals surface area contributed by atoms with Gasteiger partial charge >= 0.3 is 0 Å². The Bertz CT molecular complexity index is 905. The molecule has 2 aromatic rings. The summed E-state index contributed by atoms with van der Waals surface area (Å²) in [5.41, 5.74) is 1.59. The van der Waals surface area contributed by atoms with Crippen LogP contribution in [0, 0.1) is 6.92 Å². The van der Waals surface area contributed by atoms with Gasteiger partial charge in [-0.1, -0.05) is 11.6 Å². The van der Waals surface area contributed by atoms with Gasteiger partial charge in [-0.3, -0.25) is 9.59 Å². The van der Waals surface area contributed by atoms with Crippen LogP contribution in [0.3, 0.4) is 0 Å². The predicted octanol–water partition coefficient (Wildman–Crippen LogP) is 4.65. The summed E-state index contributed by atoms with van der Waals surface area (Å²) in [6.45, 7) is 5.57. The molecule has 1 aliphatic rings. The molecule has 0 atom stereocenters. The minimum Gasteiger partial charge on any atom is -0.495 e. The summed E-state index contributed by atoms with van der Waals surface area (Å²) < 4.78 is 11.1. The average molecular weight is 374 g/mol. The van der Waals surface area contributed by atoms with E-state index in [0.29, 0.717) is 33.3 Å². The number of hydrogen-bond acceptors (Lipinski definition) is 4. The van der Waals surface area contributed by atoms with Gasteiger partial charge in [0.1, 0.15) is 17.1 Å². The lowest BCUT2D eigenvalue weighted by atomic mass is 9.92. The Kier molecular flexibility index (Phi) is 4.67. The minimum atomic E-state index is -0.540. The third kappa shape index (κ3) is 3.53. The summed E-state index contributed by atoms with van der Waals surface area (Å²) in [6, 6.07) is 8.26. The Labute approximate surface area is 157 Å². The molecular formula is C20H20ClNO4. The molecule has 0 radical (unpaired) electrons. The summed E-state index contributed by atoms with van der Waals surface area (Å²) in [5.74, 6) is 0.590. The van der Waals surface area contributed by atoms with Gasteiger partial charge in [-0.25, -0.2) is 0 Å². The summed E-state index contributed by atoms with van der Waals surface area (Å²) in [5, 5.41) is 3.36. The van der Waals surface area contributed by atoms with E-state index in [0.717, 1.165) is 5.56 Å². The van der Waals surface area contributed by atoms with E-state index in [1.165, 1.54) is 7.11 Å². The standard InChI is InChI=1S/C20H20ClNO4/c1-11-7-15(18(25-4)9-14(11)21)22-19(24)12-5-6-17-13(8-12)16(23)10-20(2,3)26-17/h5-9H,10H2,1-4H3,(H,22,24). The molecule has 0 bridgehead atoms. The summed E-state index contributed by atoms with van der Waals surface area (Å²) in [7, 11) is 1.51. The molecule has 6 heteroatoms. The van der Waals surface area contributed by atoms with Gasteiger partial charge in [-0.2, -0.15) is 0 Å². The first-order valence-corrected chi connectivity index (χ1v) is 8.60. The smallest absolute Gasteiger partial charge is 0.255 e. The van der Waals surface area contributed by atoms with Crippen LogP contribution >= 0.6 is 11.6 Å². The highest BCUT2D eigenvalue weighted by molar-refractivity contribution is 6.31. The van der Waals surface area contributed by atoms with Crippen molar-refractivity contribution in [2.24, 2.45) is 0 Å². The second kappa shape index (κ2) is 6.65. The fourth-order valence-corrected chi connectivity index (χ4v) is 3.07. The number of ketones is 1. The molecule has 5 nitrogen and oxygen atoms in total. The van der Waals surface area contributed by atoms with Crippen molar-refractivity contribution in [3.8, 4) is 11.5 Å². The lowest BCUT2D eigenvalue weighted by Crippen LogP contribution is -2.36. The Hall–Kier alpha value is -2.53. The number of aryl methyl sites for hydroxylation is 1. The van der Waals surface area contributed by atoms with Crippen molar-refractivity contribution < 1.29 is 19.1 Å². The van der Waals surface area contributed by atoms with Gasteiger partial charge in [0.15, 0.2) is 5.78 Å². The number of anilines is 1. The molecule has 1 aliphatic heterocycles. The van der Waals surface area contributed by atoms with Crippen molar-refractivity contribution in [3.05, 3.63) is 52.0 Å². The zero-order valence-electron chi connectivity index (χ0n) is 15.1. The van der Waals surface area contributed by atoms with E-state index < -0.39 is 5.60 Å². The number of fused-ring (bicyclic) bond motifs is 1. The van der Waals surface area contributed by atoms with E-state index in [9.17, 15) is 9.59 Å². The monoisotopic (exact) mass is 373 g/mol. The topological polar surface area (TPSA) is 64.6 Å². The Balaban J connectivity index is 1.89. The molecule has 0 fully saturated rings. The van der Waals surface area contributed by atoms with Crippen LogP contribution in [-0.2, 0) is 0 Å². The minimum absolute atomic E-state index is 0.0363.